The molecule has 124 valence electrons. The van der Waals surface area contributed by atoms with Crippen LogP contribution in [-0.2, 0) is 6.54 Å². The van der Waals surface area contributed by atoms with Gasteiger partial charge in [0.1, 0.15) is 11.6 Å². The van der Waals surface area contributed by atoms with E-state index in [0.29, 0.717) is 5.92 Å². The highest BCUT2D eigenvalue weighted by Crippen LogP contribution is 2.40. The molecule has 0 atom stereocenters. The lowest BCUT2D eigenvalue weighted by Crippen LogP contribution is -2.07. The number of benzene rings is 2. The van der Waals surface area contributed by atoms with Gasteiger partial charge in [0.05, 0.1) is 17.6 Å². The molecule has 3 aromatic rings. The van der Waals surface area contributed by atoms with Crippen molar-refractivity contribution in [1.29, 1.82) is 0 Å². The Bertz CT molecular complexity index is 861. The third-order valence-corrected chi connectivity index (χ3v) is 4.74. The fourth-order valence-corrected chi connectivity index (χ4v) is 3.35. The highest BCUT2D eigenvalue weighted by molar-refractivity contribution is 5.76. The van der Waals surface area contributed by atoms with Gasteiger partial charge in [-0.05, 0) is 56.9 Å². The summed E-state index contributed by atoms with van der Waals surface area (Å²) in [5.41, 5.74) is 4.86. The van der Waals surface area contributed by atoms with E-state index < -0.39 is 0 Å². The fourth-order valence-electron chi connectivity index (χ4n) is 3.35. The zero-order chi connectivity index (χ0) is 16.5. The Morgan fingerprint density at radius 3 is 2.75 bits per heavy atom. The van der Waals surface area contributed by atoms with E-state index in [9.17, 15) is 0 Å². The van der Waals surface area contributed by atoms with E-state index in [4.69, 9.17) is 9.72 Å². The van der Waals surface area contributed by atoms with Crippen LogP contribution in [0.3, 0.4) is 0 Å². The highest BCUT2D eigenvalue weighted by atomic mass is 16.5. The topological polar surface area (TPSA) is 27.1 Å². The number of rotatable bonds is 6. The summed E-state index contributed by atoms with van der Waals surface area (Å²) in [5, 5.41) is 0. The van der Waals surface area contributed by atoms with Crippen molar-refractivity contribution in [3.63, 3.8) is 0 Å². The molecule has 0 aliphatic heterocycles. The van der Waals surface area contributed by atoms with E-state index in [1.807, 2.05) is 0 Å². The van der Waals surface area contributed by atoms with Gasteiger partial charge in [0.15, 0.2) is 0 Å². The number of aryl methyl sites for hydroxylation is 3. The Hall–Kier alpha value is -2.29. The van der Waals surface area contributed by atoms with Crippen LogP contribution in [0.1, 0.15) is 42.1 Å². The van der Waals surface area contributed by atoms with E-state index in [2.05, 4.69) is 60.9 Å². The molecular formula is C21H24N2O. The summed E-state index contributed by atoms with van der Waals surface area (Å²) < 4.78 is 8.39. The van der Waals surface area contributed by atoms with Gasteiger partial charge in [-0.15, -0.1) is 0 Å². The van der Waals surface area contributed by atoms with Gasteiger partial charge >= 0.3 is 0 Å². The molecule has 0 saturated heterocycles. The lowest BCUT2D eigenvalue weighted by Gasteiger charge is -2.12. The third-order valence-electron chi connectivity index (χ3n) is 4.74. The molecule has 0 radical (unpaired) electrons. The first-order valence-electron chi connectivity index (χ1n) is 8.87. The standard InChI is InChI=1S/C21H24N2O/c1-15-8-11-20(16(2)14-15)24-13-5-12-23-19-7-4-3-6-18(19)22-21(23)17-9-10-17/h3-4,6-8,11,14,17H,5,9-10,12-13H2,1-2H3. The maximum Gasteiger partial charge on any atom is 0.122 e. The van der Waals surface area contributed by atoms with Crippen LogP contribution in [-0.4, -0.2) is 16.2 Å². The van der Waals surface area contributed by atoms with E-state index in [0.717, 1.165) is 30.8 Å². The lowest BCUT2D eigenvalue weighted by molar-refractivity contribution is 0.300. The highest BCUT2D eigenvalue weighted by Gasteiger charge is 2.29. The molecule has 24 heavy (non-hydrogen) atoms. The van der Waals surface area contributed by atoms with Gasteiger partial charge in [-0.3, -0.25) is 0 Å². The van der Waals surface area contributed by atoms with Gasteiger partial charge < -0.3 is 9.30 Å². The minimum atomic E-state index is 0.665. The van der Waals surface area contributed by atoms with Crippen LogP contribution in [0.15, 0.2) is 42.5 Å². The molecule has 0 unspecified atom stereocenters. The average molecular weight is 320 g/mol. The molecule has 1 heterocycles. The van der Waals surface area contributed by atoms with Crippen LogP contribution in [0, 0.1) is 13.8 Å². The second-order valence-corrected chi connectivity index (χ2v) is 6.86. The van der Waals surface area contributed by atoms with Crippen LogP contribution < -0.4 is 4.74 Å². The molecule has 2 aromatic carbocycles. The predicted octanol–water partition coefficient (Wildman–Crippen LogP) is 5.00. The van der Waals surface area contributed by atoms with Crippen molar-refractivity contribution in [1.82, 2.24) is 9.55 Å². The SMILES string of the molecule is Cc1ccc(OCCCn2c(C3CC3)nc3ccccc32)c(C)c1. The normalized spacial score (nSPS) is 14.2. The molecule has 0 bridgehead atoms. The molecule has 3 nitrogen and oxygen atoms in total. The molecule has 3 heteroatoms. The Labute approximate surface area is 143 Å². The summed E-state index contributed by atoms with van der Waals surface area (Å²) >= 11 is 0. The van der Waals surface area contributed by atoms with Crippen LogP contribution in [0.2, 0.25) is 0 Å². The van der Waals surface area contributed by atoms with Gasteiger partial charge in [0.25, 0.3) is 0 Å². The van der Waals surface area contributed by atoms with E-state index in [-0.39, 0.29) is 0 Å². The molecule has 1 fully saturated rings. The quantitative estimate of drug-likeness (QED) is 0.598. The second kappa shape index (κ2) is 6.31. The molecular weight excluding hydrogens is 296 g/mol. The van der Waals surface area contributed by atoms with Crippen LogP contribution in [0.4, 0.5) is 0 Å². The largest absolute Gasteiger partial charge is 0.493 e. The number of aromatic nitrogens is 2. The molecule has 1 saturated carbocycles. The molecule has 1 aliphatic carbocycles. The Morgan fingerprint density at radius 2 is 1.96 bits per heavy atom. The van der Waals surface area contributed by atoms with Crippen LogP contribution in [0.5, 0.6) is 5.75 Å². The summed E-state index contributed by atoms with van der Waals surface area (Å²) in [6.45, 7) is 5.93. The first kappa shape index (κ1) is 15.3. The molecule has 1 aromatic heterocycles. The Kier molecular flexibility index (Phi) is 4.01. The number of hydrogen-bond donors (Lipinski definition) is 0. The first-order valence-corrected chi connectivity index (χ1v) is 8.87. The van der Waals surface area contributed by atoms with Crippen molar-refractivity contribution < 1.29 is 4.74 Å². The van der Waals surface area contributed by atoms with Crippen molar-refractivity contribution in [2.24, 2.45) is 0 Å². The van der Waals surface area contributed by atoms with Gasteiger partial charge in [0, 0.05) is 12.5 Å². The van der Waals surface area contributed by atoms with Crippen molar-refractivity contribution in [3.8, 4) is 5.75 Å². The minimum absolute atomic E-state index is 0.665. The third kappa shape index (κ3) is 3.03. The van der Waals surface area contributed by atoms with Crippen LogP contribution in [0.25, 0.3) is 11.0 Å². The second-order valence-electron chi connectivity index (χ2n) is 6.86. The summed E-state index contributed by atoms with van der Waals surface area (Å²) in [6.07, 6.45) is 3.55. The predicted molar refractivity (Wildman–Crippen MR) is 97.7 cm³/mol. The minimum Gasteiger partial charge on any atom is -0.493 e. The van der Waals surface area contributed by atoms with E-state index in [1.54, 1.807) is 0 Å². The number of fused-ring (bicyclic) bond motifs is 1. The summed E-state index contributed by atoms with van der Waals surface area (Å²) in [5.74, 6) is 2.93. The molecule has 0 N–H and O–H groups in total. The lowest BCUT2D eigenvalue weighted by atomic mass is 10.1. The molecule has 0 amide bonds. The molecule has 4 rings (SSSR count). The van der Waals surface area contributed by atoms with Crippen molar-refractivity contribution >= 4 is 11.0 Å². The van der Waals surface area contributed by atoms with Crippen molar-refractivity contribution in [3.05, 3.63) is 59.4 Å². The number of ether oxygens (including phenoxy) is 1. The van der Waals surface area contributed by atoms with E-state index >= 15 is 0 Å². The smallest absolute Gasteiger partial charge is 0.122 e. The van der Waals surface area contributed by atoms with Gasteiger partial charge in [-0.2, -0.15) is 0 Å². The van der Waals surface area contributed by atoms with Crippen molar-refractivity contribution in [2.45, 2.75) is 45.6 Å². The number of nitrogens with zero attached hydrogens (tertiary/aromatic N) is 2. The Balaban J connectivity index is 1.44. The first-order chi connectivity index (χ1) is 11.7. The Morgan fingerprint density at radius 1 is 1.12 bits per heavy atom. The zero-order valence-electron chi connectivity index (χ0n) is 14.5. The average Bonchev–Trinajstić information content (AvgIpc) is 3.35. The maximum absolute atomic E-state index is 5.98. The number of imidazole rings is 1. The zero-order valence-corrected chi connectivity index (χ0v) is 14.5. The fraction of sp³-hybridized carbons (Fsp3) is 0.381. The monoisotopic (exact) mass is 320 g/mol. The van der Waals surface area contributed by atoms with Gasteiger partial charge in [0.2, 0.25) is 0 Å². The van der Waals surface area contributed by atoms with Gasteiger partial charge in [-0.1, -0.05) is 29.8 Å². The number of para-hydroxylation sites is 2. The number of hydrogen-bond acceptors (Lipinski definition) is 2. The molecule has 0 spiro atoms. The summed E-state index contributed by atoms with van der Waals surface area (Å²) in [7, 11) is 0. The summed E-state index contributed by atoms with van der Waals surface area (Å²) in [6, 6.07) is 14.8. The van der Waals surface area contributed by atoms with Gasteiger partial charge in [-0.25, -0.2) is 4.98 Å². The van der Waals surface area contributed by atoms with Crippen molar-refractivity contribution in [2.75, 3.05) is 6.61 Å². The van der Waals surface area contributed by atoms with Crippen LogP contribution >= 0.6 is 0 Å². The maximum atomic E-state index is 5.98. The molecule has 1 aliphatic rings. The summed E-state index contributed by atoms with van der Waals surface area (Å²) in [4.78, 5) is 4.86. The van der Waals surface area contributed by atoms with E-state index in [1.165, 1.54) is 35.3 Å².